The van der Waals surface area contributed by atoms with Crippen molar-refractivity contribution >= 4 is 57.6 Å². The number of ether oxygens (including phenoxy) is 2. The van der Waals surface area contributed by atoms with Gasteiger partial charge in [0.25, 0.3) is 5.70 Å². The molecule has 80 heavy (non-hydrogen) atoms. The number of nitriles is 1. The molecule has 0 spiro atoms. The third-order valence-corrected chi connectivity index (χ3v) is 14.2. The van der Waals surface area contributed by atoms with E-state index in [1.165, 1.54) is 14.2 Å². The first-order chi connectivity index (χ1) is 38.7. The maximum atomic E-state index is 12.3. The molecule has 10 aromatic rings. The molecule has 0 radical (unpaired) electrons. The van der Waals surface area contributed by atoms with Gasteiger partial charge in [-0.1, -0.05) is 221 Å². The highest BCUT2D eigenvalue weighted by molar-refractivity contribution is 6.85. The van der Waals surface area contributed by atoms with E-state index in [0.29, 0.717) is 32.9 Å². The molecule has 2 N–H and O–H groups in total. The average Bonchev–Trinajstić information content (AvgIpc) is 4.22. The van der Waals surface area contributed by atoms with Gasteiger partial charge in [0, 0.05) is 27.5 Å². The highest BCUT2D eigenvalue weighted by Gasteiger charge is 2.38. The number of nitrogens with zero attached hydrogens (tertiary/aromatic N) is 10. The van der Waals surface area contributed by atoms with Gasteiger partial charge in [0.1, 0.15) is 24.9 Å². The predicted octanol–water partition coefficient (Wildman–Crippen LogP) is 6.85. The molecule has 6 aromatic carbocycles. The topological polar surface area (TPSA) is 174 Å². The standard InChI is InChI=1S/C64H58B2N10O4/c1-63(2,3)43-26-22-24-41(36-43)55-52-53(58(54(68-7)60-70-51(40-78)72-62(74-60)80-9)76(55)66(47-32-18-12-19-33-47)48-34-20-13-21-35-48)56(42-25-23-27-44(37-42)64(4,5)6)75(65(45-28-14-10-15-29-45)46-30-16-11-17-31-46)57(52)49(38-67)59-69-50(39-77)71-61(73-59)79-8/h10-37,77-78H,39-40H2,1-6,8-9H3/b57-49-,58-54+. The Balaban J connectivity index is 1.67. The SMILES string of the molecule is [C-]#[N+]/C(c1nc(CO)nc(OC)n1)=c1\c2c(-c3cccc(C(C)(C)C)c3)n(B(c3ccccc3)c3ccccc3)/c(=C(/C#N)c3nc(CO)nc(OC)n3)c2c(-c2cccc(C(C)(C)C)c2)n1B(c1ccccc1)c1ccccc1. The molecule has 0 bridgehead atoms. The molecule has 0 saturated carbocycles. The third kappa shape index (κ3) is 10.3. The smallest absolute Gasteiger partial charge is 0.328 e. The van der Waals surface area contributed by atoms with Gasteiger partial charge < -0.3 is 28.6 Å². The first-order valence-electron chi connectivity index (χ1n) is 26.3. The molecule has 0 fully saturated rings. The van der Waals surface area contributed by atoms with Crippen LogP contribution in [0, 0.1) is 17.9 Å². The van der Waals surface area contributed by atoms with Crippen LogP contribution in [-0.4, -0.2) is 77.0 Å². The van der Waals surface area contributed by atoms with Crippen molar-refractivity contribution in [1.29, 1.82) is 5.26 Å². The Morgan fingerprint density at radius 2 is 0.900 bits per heavy atom. The monoisotopic (exact) mass is 1050 g/mol. The number of methoxy groups -OCH3 is 2. The van der Waals surface area contributed by atoms with Crippen LogP contribution in [0.15, 0.2) is 170 Å². The molecule has 0 atom stereocenters. The fourth-order valence-corrected chi connectivity index (χ4v) is 10.5. The van der Waals surface area contributed by atoms with E-state index in [-0.39, 0.29) is 57.4 Å². The van der Waals surface area contributed by atoms with Crippen LogP contribution in [0.1, 0.15) is 76.0 Å². The summed E-state index contributed by atoms with van der Waals surface area (Å²) < 4.78 is 15.8. The number of aliphatic hydroxyl groups is 2. The maximum absolute atomic E-state index is 12.3. The molecule has 0 amide bonds. The number of hydrogen-bond acceptors (Lipinski definition) is 11. The van der Waals surface area contributed by atoms with Gasteiger partial charge in [-0.25, -0.2) is 14.8 Å². The fourth-order valence-electron chi connectivity index (χ4n) is 10.5. The Morgan fingerprint density at radius 1 is 0.525 bits per heavy atom. The second-order valence-electron chi connectivity index (χ2n) is 21.4. The molecule has 0 unspecified atom stereocenters. The van der Waals surface area contributed by atoms with Crippen LogP contribution < -0.4 is 42.0 Å². The molecule has 0 aliphatic heterocycles. The van der Waals surface area contributed by atoms with Crippen LogP contribution in [0.25, 0.3) is 49.4 Å². The zero-order chi connectivity index (χ0) is 56.3. The van der Waals surface area contributed by atoms with Crippen LogP contribution in [0.5, 0.6) is 12.0 Å². The number of aliphatic hydroxyl groups excluding tert-OH is 2. The lowest BCUT2D eigenvalue weighted by molar-refractivity contribution is 0.266. The van der Waals surface area contributed by atoms with E-state index in [1.807, 2.05) is 84.9 Å². The second-order valence-corrected chi connectivity index (χ2v) is 21.4. The van der Waals surface area contributed by atoms with Crippen molar-refractivity contribution in [2.24, 2.45) is 0 Å². The van der Waals surface area contributed by atoms with Crippen molar-refractivity contribution in [3.63, 3.8) is 0 Å². The van der Waals surface area contributed by atoms with Crippen molar-refractivity contribution in [1.82, 2.24) is 38.9 Å². The Morgan fingerprint density at radius 3 is 1.26 bits per heavy atom. The predicted molar refractivity (Wildman–Crippen MR) is 316 cm³/mol. The van der Waals surface area contributed by atoms with Crippen LogP contribution in [-0.2, 0) is 24.0 Å². The minimum absolute atomic E-state index is 0.00345. The summed E-state index contributed by atoms with van der Waals surface area (Å²) in [5.74, 6) is -0.103. The lowest BCUT2D eigenvalue weighted by Crippen LogP contribution is -2.54. The Hall–Kier alpha value is -9.47. The zero-order valence-electron chi connectivity index (χ0n) is 45.9. The van der Waals surface area contributed by atoms with Gasteiger partial charge in [-0.15, -0.1) is 0 Å². The average molecular weight is 1050 g/mol. The van der Waals surface area contributed by atoms with E-state index in [4.69, 9.17) is 29.4 Å². The summed E-state index contributed by atoms with van der Waals surface area (Å²) in [5, 5.41) is 35.7. The van der Waals surface area contributed by atoms with E-state index in [2.05, 4.69) is 156 Å². The fraction of sp³-hybridized carbons (Fsp3) is 0.188. The number of aromatic nitrogens is 8. The summed E-state index contributed by atoms with van der Waals surface area (Å²) in [6.07, 6.45) is 0. The van der Waals surface area contributed by atoms with Crippen LogP contribution in [0.4, 0.5) is 0 Å². The third-order valence-electron chi connectivity index (χ3n) is 14.2. The Labute approximate surface area is 466 Å². The molecule has 14 nitrogen and oxygen atoms in total. The molecule has 394 valence electrons. The van der Waals surface area contributed by atoms with Gasteiger partial charge in [-0.2, -0.15) is 25.2 Å². The molecule has 0 saturated heterocycles. The summed E-state index contributed by atoms with van der Waals surface area (Å²) >= 11 is 0. The second kappa shape index (κ2) is 22.5. The van der Waals surface area contributed by atoms with Crippen molar-refractivity contribution in [2.75, 3.05) is 14.2 Å². The largest absolute Gasteiger partial charge is 0.467 e. The summed E-state index contributed by atoms with van der Waals surface area (Å²) in [6, 6.07) is 59.7. The zero-order valence-corrected chi connectivity index (χ0v) is 45.9. The molecular weight excluding hydrogens is 994 g/mol. The highest BCUT2D eigenvalue weighted by Crippen LogP contribution is 2.39. The van der Waals surface area contributed by atoms with Crippen LogP contribution in [0.2, 0.25) is 0 Å². The maximum Gasteiger partial charge on any atom is 0.328 e. The summed E-state index contributed by atoms with van der Waals surface area (Å²) in [5.41, 5.74) is 7.78. The van der Waals surface area contributed by atoms with Gasteiger partial charge in [0.05, 0.1) is 26.1 Å². The molecule has 4 aromatic heterocycles. The summed E-state index contributed by atoms with van der Waals surface area (Å²) in [7, 11) is 2.85. The van der Waals surface area contributed by atoms with Gasteiger partial charge in [-0.05, 0) is 45.2 Å². The van der Waals surface area contributed by atoms with Crippen molar-refractivity contribution in [3.05, 3.63) is 226 Å². The minimum atomic E-state index is -0.679. The van der Waals surface area contributed by atoms with E-state index in [1.54, 1.807) is 0 Å². The lowest BCUT2D eigenvalue weighted by atomic mass is 9.50. The molecule has 16 heteroatoms. The first-order valence-corrected chi connectivity index (χ1v) is 26.3. The number of hydrogen-bond donors (Lipinski definition) is 2. The van der Waals surface area contributed by atoms with E-state index < -0.39 is 26.9 Å². The number of fused-ring (bicyclic) bond motifs is 1. The van der Waals surface area contributed by atoms with Crippen molar-refractivity contribution < 1.29 is 19.7 Å². The van der Waals surface area contributed by atoms with Gasteiger partial charge in [-0.3, -0.25) is 0 Å². The normalized spacial score (nSPS) is 12.3. The molecule has 4 heterocycles. The van der Waals surface area contributed by atoms with Crippen molar-refractivity contribution in [2.45, 2.75) is 65.6 Å². The van der Waals surface area contributed by atoms with Crippen molar-refractivity contribution in [3.8, 4) is 40.6 Å². The van der Waals surface area contributed by atoms with E-state index >= 15 is 0 Å². The van der Waals surface area contributed by atoms with Gasteiger partial charge >= 0.3 is 25.7 Å². The molecular formula is C64H58B2N10O4. The lowest BCUT2D eigenvalue weighted by Gasteiger charge is -2.26. The minimum Gasteiger partial charge on any atom is -0.467 e. The highest BCUT2D eigenvalue weighted by atomic mass is 16.5. The van der Waals surface area contributed by atoms with Gasteiger partial charge in [0.15, 0.2) is 23.3 Å². The first kappa shape index (κ1) is 53.9. The quantitative estimate of drug-likeness (QED) is 0.0862. The van der Waals surface area contributed by atoms with Gasteiger partial charge in [0.2, 0.25) is 0 Å². The van der Waals surface area contributed by atoms with Crippen LogP contribution >= 0.6 is 0 Å². The van der Waals surface area contributed by atoms with E-state index in [0.717, 1.165) is 44.1 Å². The number of rotatable bonds is 14. The molecule has 0 aliphatic rings. The molecule has 10 rings (SSSR count). The summed E-state index contributed by atoms with van der Waals surface area (Å²) in [4.78, 5) is 32.5. The number of benzene rings is 6. The van der Waals surface area contributed by atoms with E-state index in [9.17, 15) is 22.0 Å². The Bertz CT molecular complexity index is 3740. The Kier molecular flexibility index (Phi) is 15.1. The van der Waals surface area contributed by atoms with Crippen LogP contribution in [0.3, 0.4) is 0 Å². The molecule has 0 aliphatic carbocycles. The summed E-state index contributed by atoms with van der Waals surface area (Å²) in [6.45, 7) is 20.0.